The third kappa shape index (κ3) is 3.64. The van der Waals surface area contributed by atoms with Gasteiger partial charge in [-0.05, 0) is 31.4 Å². The van der Waals surface area contributed by atoms with Gasteiger partial charge in [-0.15, -0.1) is 0 Å². The number of sulfonamides is 1. The van der Waals surface area contributed by atoms with Crippen LogP contribution < -0.4 is 0 Å². The quantitative estimate of drug-likeness (QED) is 0.593. The number of para-hydroxylation sites is 1. The van der Waals surface area contributed by atoms with Gasteiger partial charge in [0.25, 0.3) is 5.69 Å². The SMILES string of the molecule is Cc1cccc([C@H]2CCCCCN2S(=O)(=O)c2ccccc2[N+](=O)[O-])c1. The van der Waals surface area contributed by atoms with Gasteiger partial charge in [-0.3, -0.25) is 10.1 Å². The Morgan fingerprint density at radius 3 is 2.58 bits per heavy atom. The monoisotopic (exact) mass is 374 g/mol. The lowest BCUT2D eigenvalue weighted by Crippen LogP contribution is -2.35. The van der Waals surface area contributed by atoms with Crippen molar-refractivity contribution in [1.29, 1.82) is 0 Å². The molecule has 0 saturated carbocycles. The van der Waals surface area contributed by atoms with Crippen LogP contribution in [-0.4, -0.2) is 24.2 Å². The van der Waals surface area contributed by atoms with Crippen molar-refractivity contribution in [2.24, 2.45) is 0 Å². The van der Waals surface area contributed by atoms with Crippen LogP contribution in [0.25, 0.3) is 0 Å². The van der Waals surface area contributed by atoms with E-state index in [0.29, 0.717) is 13.0 Å². The molecule has 26 heavy (non-hydrogen) atoms. The summed E-state index contributed by atoms with van der Waals surface area (Å²) < 4.78 is 28.2. The van der Waals surface area contributed by atoms with E-state index in [4.69, 9.17) is 0 Å². The molecule has 0 amide bonds. The lowest BCUT2D eigenvalue weighted by molar-refractivity contribution is -0.387. The van der Waals surface area contributed by atoms with E-state index in [1.807, 2.05) is 31.2 Å². The van der Waals surface area contributed by atoms with E-state index in [-0.39, 0.29) is 16.6 Å². The Hall–Kier alpha value is -2.25. The molecule has 0 N–H and O–H groups in total. The van der Waals surface area contributed by atoms with Gasteiger partial charge in [0.15, 0.2) is 4.90 Å². The van der Waals surface area contributed by atoms with Gasteiger partial charge in [0.2, 0.25) is 10.0 Å². The van der Waals surface area contributed by atoms with Crippen LogP contribution in [0.1, 0.15) is 42.9 Å². The molecule has 0 bridgehead atoms. The maximum absolute atomic E-state index is 13.4. The van der Waals surface area contributed by atoms with Gasteiger partial charge >= 0.3 is 0 Å². The predicted molar refractivity (Wildman–Crippen MR) is 99.4 cm³/mol. The number of hydrogen-bond donors (Lipinski definition) is 0. The second-order valence-corrected chi connectivity index (χ2v) is 8.48. The van der Waals surface area contributed by atoms with Crippen molar-refractivity contribution < 1.29 is 13.3 Å². The molecule has 3 rings (SSSR count). The summed E-state index contributed by atoms with van der Waals surface area (Å²) in [7, 11) is -3.98. The van der Waals surface area contributed by atoms with Crippen LogP contribution in [0.5, 0.6) is 0 Å². The Kier molecular flexibility index (Phi) is 5.38. The molecule has 0 unspecified atom stereocenters. The first kappa shape index (κ1) is 18.5. The maximum Gasteiger partial charge on any atom is 0.289 e. The Morgan fingerprint density at radius 2 is 1.85 bits per heavy atom. The van der Waals surface area contributed by atoms with E-state index >= 15 is 0 Å². The van der Waals surface area contributed by atoms with E-state index in [0.717, 1.165) is 30.4 Å². The van der Waals surface area contributed by atoms with Gasteiger partial charge in [0.05, 0.1) is 11.0 Å². The van der Waals surface area contributed by atoms with E-state index in [1.54, 1.807) is 0 Å². The summed E-state index contributed by atoms with van der Waals surface area (Å²) in [5.41, 5.74) is 1.63. The zero-order valence-electron chi connectivity index (χ0n) is 14.7. The van der Waals surface area contributed by atoms with Crippen molar-refractivity contribution in [3.8, 4) is 0 Å². The molecule has 138 valence electrons. The number of nitro benzene ring substituents is 1. The number of aryl methyl sites for hydroxylation is 1. The average Bonchev–Trinajstić information content (AvgIpc) is 2.88. The van der Waals surface area contributed by atoms with Gasteiger partial charge in [-0.25, -0.2) is 8.42 Å². The van der Waals surface area contributed by atoms with Crippen LogP contribution in [0.3, 0.4) is 0 Å². The first-order valence-corrected chi connectivity index (χ1v) is 10.2. The van der Waals surface area contributed by atoms with E-state index in [9.17, 15) is 18.5 Å². The molecule has 1 aliphatic heterocycles. The highest BCUT2D eigenvalue weighted by molar-refractivity contribution is 7.89. The molecular formula is C19H22N2O4S. The van der Waals surface area contributed by atoms with Gasteiger partial charge in [-0.2, -0.15) is 4.31 Å². The zero-order chi connectivity index (χ0) is 18.7. The van der Waals surface area contributed by atoms with E-state index in [2.05, 4.69) is 0 Å². The standard InChI is InChI=1S/C19H22N2O4S/c1-15-8-7-9-16(14-15)17-10-3-2-6-13-20(17)26(24,25)19-12-5-4-11-18(19)21(22)23/h4-5,7-9,11-12,14,17H,2-3,6,10,13H2,1H3/t17-/m1/s1. The van der Waals surface area contributed by atoms with E-state index < -0.39 is 14.9 Å². The van der Waals surface area contributed by atoms with Crippen molar-refractivity contribution in [2.45, 2.75) is 43.5 Å². The predicted octanol–water partition coefficient (Wildman–Crippen LogP) is 4.21. The molecule has 2 aromatic carbocycles. The Morgan fingerprint density at radius 1 is 1.08 bits per heavy atom. The smallest absolute Gasteiger partial charge is 0.258 e. The molecule has 0 radical (unpaired) electrons. The highest BCUT2D eigenvalue weighted by atomic mass is 32.2. The molecule has 1 aliphatic rings. The first-order valence-electron chi connectivity index (χ1n) is 8.73. The summed E-state index contributed by atoms with van der Waals surface area (Å²) in [5, 5.41) is 11.3. The topological polar surface area (TPSA) is 80.5 Å². The van der Waals surface area contributed by atoms with Crippen LogP contribution in [0.2, 0.25) is 0 Å². The lowest BCUT2D eigenvalue weighted by atomic mass is 10.0. The molecule has 1 atom stereocenters. The van der Waals surface area contributed by atoms with Crippen molar-refractivity contribution in [2.75, 3.05) is 6.54 Å². The minimum absolute atomic E-state index is 0.232. The van der Waals surface area contributed by atoms with Crippen LogP contribution in [0.15, 0.2) is 53.4 Å². The molecule has 0 spiro atoms. The molecule has 1 saturated heterocycles. The molecule has 2 aromatic rings. The molecule has 0 aromatic heterocycles. The fraction of sp³-hybridized carbons (Fsp3) is 0.368. The summed E-state index contributed by atoms with van der Waals surface area (Å²) in [6.07, 6.45) is 3.35. The summed E-state index contributed by atoms with van der Waals surface area (Å²) in [4.78, 5) is 10.5. The molecule has 6 nitrogen and oxygen atoms in total. The number of benzene rings is 2. The van der Waals surface area contributed by atoms with Gasteiger partial charge in [-0.1, -0.05) is 54.8 Å². The van der Waals surface area contributed by atoms with Crippen molar-refractivity contribution in [3.05, 3.63) is 69.8 Å². The Labute approximate surface area is 153 Å². The normalized spacial score (nSPS) is 19.0. The first-order chi connectivity index (χ1) is 12.4. The lowest BCUT2D eigenvalue weighted by Gasteiger charge is -2.29. The number of nitrogens with zero attached hydrogens (tertiary/aromatic N) is 2. The number of hydrogen-bond acceptors (Lipinski definition) is 4. The van der Waals surface area contributed by atoms with Crippen molar-refractivity contribution in [3.63, 3.8) is 0 Å². The van der Waals surface area contributed by atoms with E-state index in [1.165, 1.54) is 28.6 Å². The third-order valence-corrected chi connectivity index (χ3v) is 6.73. The van der Waals surface area contributed by atoms with Gasteiger partial charge in [0, 0.05) is 12.6 Å². The largest absolute Gasteiger partial charge is 0.289 e. The Bertz CT molecular complexity index is 911. The highest BCUT2D eigenvalue weighted by Gasteiger charge is 2.37. The number of nitro groups is 1. The summed E-state index contributed by atoms with van der Waals surface area (Å²) in [6, 6.07) is 13.1. The number of rotatable bonds is 4. The fourth-order valence-electron chi connectivity index (χ4n) is 3.53. The highest BCUT2D eigenvalue weighted by Crippen LogP contribution is 2.37. The summed E-state index contributed by atoms with van der Waals surface area (Å²) in [6.45, 7) is 2.34. The van der Waals surface area contributed by atoms with Crippen LogP contribution in [-0.2, 0) is 10.0 Å². The van der Waals surface area contributed by atoms with Crippen LogP contribution >= 0.6 is 0 Å². The summed E-state index contributed by atoms with van der Waals surface area (Å²) >= 11 is 0. The minimum atomic E-state index is -3.98. The molecular weight excluding hydrogens is 352 g/mol. The third-order valence-electron chi connectivity index (χ3n) is 4.78. The minimum Gasteiger partial charge on any atom is -0.258 e. The van der Waals surface area contributed by atoms with Gasteiger partial charge < -0.3 is 0 Å². The molecule has 1 fully saturated rings. The molecule has 1 heterocycles. The second-order valence-electron chi connectivity index (χ2n) is 6.62. The van der Waals surface area contributed by atoms with Crippen molar-refractivity contribution >= 4 is 15.7 Å². The zero-order valence-corrected chi connectivity index (χ0v) is 15.5. The van der Waals surface area contributed by atoms with Crippen LogP contribution in [0.4, 0.5) is 5.69 Å². The van der Waals surface area contributed by atoms with Crippen LogP contribution in [0, 0.1) is 17.0 Å². The summed E-state index contributed by atoms with van der Waals surface area (Å²) in [5.74, 6) is 0. The van der Waals surface area contributed by atoms with Crippen molar-refractivity contribution in [1.82, 2.24) is 4.31 Å². The fourth-order valence-corrected chi connectivity index (χ4v) is 5.37. The van der Waals surface area contributed by atoms with Gasteiger partial charge in [0.1, 0.15) is 0 Å². The second kappa shape index (κ2) is 7.55. The Balaban J connectivity index is 2.10. The molecule has 7 heteroatoms. The molecule has 0 aliphatic carbocycles. The average molecular weight is 374 g/mol. The maximum atomic E-state index is 13.4.